The van der Waals surface area contributed by atoms with Gasteiger partial charge in [-0.2, -0.15) is 12.6 Å². The van der Waals surface area contributed by atoms with Gasteiger partial charge in [0.25, 0.3) is 0 Å². The lowest BCUT2D eigenvalue weighted by Gasteiger charge is -2.23. The Labute approximate surface area is 100 Å². The Balaban J connectivity index is 0. The van der Waals surface area contributed by atoms with E-state index in [4.69, 9.17) is 20.4 Å². The summed E-state index contributed by atoms with van der Waals surface area (Å²) in [5, 5.41) is 34.0. The van der Waals surface area contributed by atoms with Crippen LogP contribution in [0.15, 0.2) is 0 Å². The third kappa shape index (κ3) is 7.89. The van der Waals surface area contributed by atoms with Crippen molar-refractivity contribution in [1.82, 2.24) is 0 Å². The van der Waals surface area contributed by atoms with E-state index in [1.54, 1.807) is 0 Å². The highest BCUT2D eigenvalue weighted by atomic mass is 32.1. The largest absolute Gasteiger partial charge is 0.469 e. The zero-order valence-corrected chi connectivity index (χ0v) is 10.2. The number of aliphatic hydroxyl groups excluding tert-OH is 4. The predicted molar refractivity (Wildman–Crippen MR) is 61.3 cm³/mol. The second-order valence-corrected chi connectivity index (χ2v) is 3.63. The van der Waals surface area contributed by atoms with Crippen LogP contribution in [0.3, 0.4) is 0 Å². The molecular formula is C9H20O6S. The number of methoxy groups -OCH3 is 1. The topological polar surface area (TPSA) is 107 Å². The van der Waals surface area contributed by atoms with Gasteiger partial charge >= 0.3 is 5.97 Å². The quantitative estimate of drug-likeness (QED) is 0.290. The summed E-state index contributed by atoms with van der Waals surface area (Å²) in [6.07, 6.45) is 0.402. The first kappa shape index (κ1) is 18.0. The molecule has 0 aliphatic heterocycles. The van der Waals surface area contributed by atoms with Crippen LogP contribution < -0.4 is 0 Å². The molecule has 0 atom stereocenters. The molecule has 0 aromatic rings. The maximum absolute atomic E-state index is 10.1. The molecule has 0 spiro atoms. The molecule has 0 radical (unpaired) electrons. The van der Waals surface area contributed by atoms with Gasteiger partial charge in [-0.05, 0) is 0 Å². The first-order valence-corrected chi connectivity index (χ1v) is 5.30. The van der Waals surface area contributed by atoms with Crippen molar-refractivity contribution < 1.29 is 30.0 Å². The maximum Gasteiger partial charge on any atom is 0.306 e. The van der Waals surface area contributed by atoms with Crippen LogP contribution in [0.4, 0.5) is 0 Å². The van der Waals surface area contributed by atoms with Gasteiger partial charge in [0, 0.05) is 5.75 Å². The van der Waals surface area contributed by atoms with E-state index in [0.717, 1.165) is 0 Å². The average Bonchev–Trinajstić information content (AvgIpc) is 2.34. The van der Waals surface area contributed by atoms with Crippen LogP contribution in [-0.2, 0) is 9.53 Å². The summed E-state index contributed by atoms with van der Waals surface area (Å²) in [6.45, 7) is -1.62. The summed E-state index contributed by atoms with van der Waals surface area (Å²) in [6, 6.07) is 0. The van der Waals surface area contributed by atoms with Crippen LogP contribution in [0.2, 0.25) is 0 Å². The van der Waals surface area contributed by atoms with Gasteiger partial charge in [0.2, 0.25) is 0 Å². The molecule has 0 aromatic heterocycles. The first-order valence-electron chi connectivity index (χ1n) is 4.67. The Kier molecular flexibility index (Phi) is 12.6. The predicted octanol–water partition coefficient (Wildman–Crippen LogP) is -1.58. The lowest BCUT2D eigenvalue weighted by molar-refractivity contribution is -0.140. The molecule has 0 aliphatic carbocycles. The zero-order valence-electron chi connectivity index (χ0n) is 9.30. The summed E-state index contributed by atoms with van der Waals surface area (Å²) in [7, 11) is 1.37. The van der Waals surface area contributed by atoms with E-state index in [0.29, 0.717) is 12.2 Å². The van der Waals surface area contributed by atoms with E-state index < -0.39 is 31.8 Å². The van der Waals surface area contributed by atoms with Crippen LogP contribution in [-0.4, -0.2) is 65.7 Å². The monoisotopic (exact) mass is 256 g/mol. The molecule has 0 fully saturated rings. The molecule has 0 saturated carbocycles. The Bertz CT molecular complexity index is 154. The molecule has 0 aromatic carbocycles. The molecule has 4 N–H and O–H groups in total. The molecule has 0 bridgehead atoms. The SMILES string of the molecule is COC(=O)CCS.OCC(CO)(CO)CO. The van der Waals surface area contributed by atoms with Gasteiger partial charge in [-0.15, -0.1) is 0 Å². The number of carbonyl (C=O) groups is 1. The summed E-state index contributed by atoms with van der Waals surface area (Å²) < 4.78 is 4.30. The normalized spacial score (nSPS) is 10.4. The molecule has 98 valence electrons. The molecule has 0 saturated heterocycles. The maximum atomic E-state index is 10.1. The summed E-state index contributed by atoms with van der Waals surface area (Å²) in [5.74, 6) is 0.363. The molecule has 0 unspecified atom stereocenters. The zero-order chi connectivity index (χ0) is 13.0. The highest BCUT2D eigenvalue weighted by Gasteiger charge is 2.26. The fourth-order valence-corrected chi connectivity index (χ4v) is 0.676. The number of hydrogen-bond acceptors (Lipinski definition) is 7. The van der Waals surface area contributed by atoms with Crippen molar-refractivity contribution in [2.24, 2.45) is 5.41 Å². The van der Waals surface area contributed by atoms with Gasteiger partial charge < -0.3 is 25.2 Å². The van der Waals surface area contributed by atoms with Crippen LogP contribution in [0.5, 0.6) is 0 Å². The van der Waals surface area contributed by atoms with E-state index in [1.165, 1.54) is 7.11 Å². The second kappa shape index (κ2) is 11.2. The van der Waals surface area contributed by atoms with Gasteiger partial charge in [0.1, 0.15) is 0 Å². The third-order valence-electron chi connectivity index (χ3n) is 1.89. The van der Waals surface area contributed by atoms with Crippen molar-refractivity contribution in [1.29, 1.82) is 0 Å². The summed E-state index contributed by atoms with van der Waals surface area (Å²) in [5.41, 5.74) is -1.11. The van der Waals surface area contributed by atoms with Crippen molar-refractivity contribution in [2.75, 3.05) is 39.3 Å². The minimum absolute atomic E-state index is 0.199. The molecule has 0 aliphatic rings. The van der Waals surface area contributed by atoms with Crippen molar-refractivity contribution in [3.05, 3.63) is 0 Å². The molecule has 7 heteroatoms. The van der Waals surface area contributed by atoms with Crippen molar-refractivity contribution in [2.45, 2.75) is 6.42 Å². The van der Waals surface area contributed by atoms with Crippen LogP contribution in [0, 0.1) is 5.41 Å². The van der Waals surface area contributed by atoms with E-state index in [-0.39, 0.29) is 5.97 Å². The minimum atomic E-state index is -1.11. The fourth-order valence-electron chi connectivity index (χ4n) is 0.493. The standard InChI is InChI=1S/C5H12O4.C4H8O2S/c6-1-5(2-7,3-8)4-9;1-6-4(5)2-3-7/h6-9H,1-4H2;7H,2-3H2,1H3. The van der Waals surface area contributed by atoms with Crippen LogP contribution in [0.1, 0.15) is 6.42 Å². The Morgan fingerprint density at radius 2 is 1.50 bits per heavy atom. The van der Waals surface area contributed by atoms with Gasteiger partial charge in [-0.25, -0.2) is 0 Å². The molecule has 16 heavy (non-hydrogen) atoms. The highest BCUT2D eigenvalue weighted by Crippen LogP contribution is 2.11. The van der Waals surface area contributed by atoms with E-state index in [9.17, 15) is 4.79 Å². The van der Waals surface area contributed by atoms with Crippen molar-refractivity contribution in [3.8, 4) is 0 Å². The smallest absolute Gasteiger partial charge is 0.306 e. The van der Waals surface area contributed by atoms with Gasteiger partial charge in [0.05, 0.1) is 45.4 Å². The van der Waals surface area contributed by atoms with E-state index >= 15 is 0 Å². The first-order chi connectivity index (χ1) is 7.55. The molecule has 0 amide bonds. The van der Waals surface area contributed by atoms with Crippen LogP contribution >= 0.6 is 12.6 Å². The minimum Gasteiger partial charge on any atom is -0.469 e. The summed E-state index contributed by atoms with van der Waals surface area (Å²) >= 11 is 3.81. The van der Waals surface area contributed by atoms with E-state index in [2.05, 4.69) is 17.4 Å². The Hall–Kier alpha value is -0.340. The second-order valence-electron chi connectivity index (χ2n) is 3.18. The fraction of sp³-hybridized carbons (Fsp3) is 0.889. The third-order valence-corrected chi connectivity index (χ3v) is 2.11. The summed E-state index contributed by atoms with van der Waals surface area (Å²) in [4.78, 5) is 10.1. The number of esters is 1. The number of carbonyl (C=O) groups excluding carboxylic acids is 1. The van der Waals surface area contributed by atoms with Crippen molar-refractivity contribution >= 4 is 18.6 Å². The molecule has 6 nitrogen and oxygen atoms in total. The van der Waals surface area contributed by atoms with Gasteiger partial charge in [-0.3, -0.25) is 4.79 Å². The number of rotatable bonds is 6. The van der Waals surface area contributed by atoms with Crippen LogP contribution in [0.25, 0.3) is 0 Å². The molecule has 0 heterocycles. The number of hydrogen-bond donors (Lipinski definition) is 5. The number of aliphatic hydroxyl groups is 4. The number of ether oxygens (including phenoxy) is 1. The molecule has 0 rings (SSSR count). The van der Waals surface area contributed by atoms with Crippen molar-refractivity contribution in [3.63, 3.8) is 0 Å². The Morgan fingerprint density at radius 3 is 1.56 bits per heavy atom. The number of thiol groups is 1. The van der Waals surface area contributed by atoms with Gasteiger partial charge in [0.15, 0.2) is 0 Å². The highest BCUT2D eigenvalue weighted by molar-refractivity contribution is 7.80. The van der Waals surface area contributed by atoms with E-state index in [1.807, 2.05) is 0 Å². The van der Waals surface area contributed by atoms with Gasteiger partial charge in [-0.1, -0.05) is 0 Å². The molecular weight excluding hydrogens is 236 g/mol. The lowest BCUT2D eigenvalue weighted by atomic mass is 9.93. The Morgan fingerprint density at radius 1 is 1.12 bits per heavy atom. The lowest BCUT2D eigenvalue weighted by Crippen LogP contribution is -2.37. The average molecular weight is 256 g/mol.